The predicted octanol–water partition coefficient (Wildman–Crippen LogP) is 4.55. The first-order valence-corrected chi connectivity index (χ1v) is 7.27. The molecule has 0 radical (unpaired) electrons. The summed E-state index contributed by atoms with van der Waals surface area (Å²) in [7, 11) is 0. The van der Waals surface area contributed by atoms with Crippen molar-refractivity contribution in [2.75, 3.05) is 0 Å². The minimum atomic E-state index is -0.372. The van der Waals surface area contributed by atoms with Gasteiger partial charge < -0.3 is 9.84 Å². The van der Waals surface area contributed by atoms with Gasteiger partial charge in [0.25, 0.3) is 0 Å². The molecule has 20 heavy (non-hydrogen) atoms. The second-order valence-electron chi connectivity index (χ2n) is 4.90. The van der Waals surface area contributed by atoms with Gasteiger partial charge in [-0.3, -0.25) is 0 Å². The van der Waals surface area contributed by atoms with Crippen molar-refractivity contribution in [3.8, 4) is 5.75 Å². The maximum atomic E-state index is 9.88. The van der Waals surface area contributed by atoms with E-state index in [0.29, 0.717) is 16.7 Å². The van der Waals surface area contributed by atoms with Crippen molar-refractivity contribution >= 4 is 23.2 Å². The summed E-state index contributed by atoms with van der Waals surface area (Å²) in [4.78, 5) is 0. The highest BCUT2D eigenvalue weighted by atomic mass is 35.5. The number of ether oxygens (including phenoxy) is 1. The molecule has 2 aromatic rings. The first kappa shape index (κ1) is 13.7. The third-order valence-electron chi connectivity index (χ3n) is 3.59. The molecule has 1 atom stereocenters. The molecule has 2 nitrogen and oxygen atoms in total. The summed E-state index contributed by atoms with van der Waals surface area (Å²) in [5.41, 5.74) is 2.92. The lowest BCUT2D eigenvalue weighted by atomic mass is 10.1. The summed E-state index contributed by atoms with van der Waals surface area (Å²) in [6, 6.07) is 11.1. The number of benzene rings is 2. The van der Waals surface area contributed by atoms with Crippen LogP contribution >= 0.6 is 23.2 Å². The minimum Gasteiger partial charge on any atom is -0.489 e. The van der Waals surface area contributed by atoms with E-state index in [9.17, 15) is 5.11 Å². The first-order chi connectivity index (χ1) is 9.65. The van der Waals surface area contributed by atoms with Gasteiger partial charge in [0.05, 0.1) is 6.10 Å². The maximum Gasteiger partial charge on any atom is 0.123 e. The van der Waals surface area contributed by atoms with Gasteiger partial charge in [0.2, 0.25) is 0 Å². The van der Waals surface area contributed by atoms with E-state index in [0.717, 1.165) is 35.3 Å². The fourth-order valence-electron chi connectivity index (χ4n) is 2.54. The lowest BCUT2D eigenvalue weighted by Gasteiger charge is -2.12. The number of aliphatic hydroxyl groups excluding tert-OH is 1. The smallest absolute Gasteiger partial charge is 0.123 e. The highest BCUT2D eigenvalue weighted by Crippen LogP contribution is 2.37. The van der Waals surface area contributed by atoms with E-state index in [1.165, 1.54) is 0 Å². The summed E-state index contributed by atoms with van der Waals surface area (Å²) in [6.45, 7) is 0.367. The van der Waals surface area contributed by atoms with Crippen LogP contribution in [0.2, 0.25) is 10.0 Å². The Labute approximate surface area is 127 Å². The quantitative estimate of drug-likeness (QED) is 0.901. The standard InChI is InChI=1S/C16H14Cl2O2/c17-11-4-6-14(18)10(8-11)9-20-16-3-1-2-12-13(16)5-7-15(12)19/h1-4,6,8,15,19H,5,7,9H2. The molecule has 0 aliphatic heterocycles. The summed E-state index contributed by atoms with van der Waals surface area (Å²) in [6.07, 6.45) is 1.23. The molecule has 1 aliphatic rings. The number of rotatable bonds is 3. The molecule has 0 aromatic heterocycles. The van der Waals surface area contributed by atoms with Gasteiger partial charge in [-0.1, -0.05) is 35.3 Å². The lowest BCUT2D eigenvalue weighted by Crippen LogP contribution is -1.99. The van der Waals surface area contributed by atoms with Gasteiger partial charge in [0, 0.05) is 21.2 Å². The average Bonchev–Trinajstić information content (AvgIpc) is 2.82. The Kier molecular flexibility index (Phi) is 3.88. The van der Waals surface area contributed by atoms with Crippen molar-refractivity contribution < 1.29 is 9.84 Å². The van der Waals surface area contributed by atoms with Crippen molar-refractivity contribution in [3.05, 3.63) is 63.1 Å². The highest BCUT2D eigenvalue weighted by Gasteiger charge is 2.23. The third-order valence-corrected chi connectivity index (χ3v) is 4.19. The molecule has 0 saturated heterocycles. The summed E-state index contributed by atoms with van der Waals surface area (Å²) in [5.74, 6) is 0.815. The van der Waals surface area contributed by atoms with Crippen LogP contribution in [-0.4, -0.2) is 5.11 Å². The molecule has 1 N–H and O–H groups in total. The predicted molar refractivity (Wildman–Crippen MR) is 80.5 cm³/mol. The van der Waals surface area contributed by atoms with Crippen LogP contribution in [0.1, 0.15) is 29.2 Å². The van der Waals surface area contributed by atoms with Crippen molar-refractivity contribution in [2.45, 2.75) is 25.6 Å². The Morgan fingerprint density at radius 1 is 1.20 bits per heavy atom. The van der Waals surface area contributed by atoms with E-state index in [-0.39, 0.29) is 6.10 Å². The van der Waals surface area contributed by atoms with E-state index in [1.807, 2.05) is 24.3 Å². The number of fused-ring (bicyclic) bond motifs is 1. The average molecular weight is 309 g/mol. The van der Waals surface area contributed by atoms with E-state index >= 15 is 0 Å². The molecule has 0 saturated carbocycles. The molecule has 4 heteroatoms. The fraction of sp³-hybridized carbons (Fsp3) is 0.250. The van der Waals surface area contributed by atoms with Crippen LogP contribution in [0.25, 0.3) is 0 Å². The van der Waals surface area contributed by atoms with Crippen molar-refractivity contribution in [1.82, 2.24) is 0 Å². The van der Waals surface area contributed by atoms with Crippen LogP contribution in [0.15, 0.2) is 36.4 Å². The summed E-state index contributed by atoms with van der Waals surface area (Å²) < 4.78 is 5.86. The molecule has 1 unspecified atom stereocenters. The fourth-order valence-corrected chi connectivity index (χ4v) is 2.91. The van der Waals surface area contributed by atoms with Gasteiger partial charge in [-0.05, 0) is 42.7 Å². The van der Waals surface area contributed by atoms with E-state index in [1.54, 1.807) is 12.1 Å². The molecule has 1 aliphatic carbocycles. The van der Waals surface area contributed by atoms with E-state index in [4.69, 9.17) is 27.9 Å². The van der Waals surface area contributed by atoms with Crippen LogP contribution in [-0.2, 0) is 13.0 Å². The molecular weight excluding hydrogens is 295 g/mol. The van der Waals surface area contributed by atoms with E-state index < -0.39 is 0 Å². The first-order valence-electron chi connectivity index (χ1n) is 6.52. The molecule has 0 heterocycles. The lowest BCUT2D eigenvalue weighted by molar-refractivity contribution is 0.180. The largest absolute Gasteiger partial charge is 0.489 e. The third kappa shape index (κ3) is 2.64. The monoisotopic (exact) mass is 308 g/mol. The van der Waals surface area contributed by atoms with Gasteiger partial charge >= 0.3 is 0 Å². The van der Waals surface area contributed by atoms with Gasteiger partial charge in [0.1, 0.15) is 12.4 Å². The van der Waals surface area contributed by atoms with Crippen LogP contribution in [0.4, 0.5) is 0 Å². The Bertz CT molecular complexity index is 640. The van der Waals surface area contributed by atoms with Crippen molar-refractivity contribution in [2.24, 2.45) is 0 Å². The Balaban J connectivity index is 1.81. The number of hydrogen-bond donors (Lipinski definition) is 1. The second kappa shape index (κ2) is 5.65. The Morgan fingerprint density at radius 2 is 2.05 bits per heavy atom. The van der Waals surface area contributed by atoms with Gasteiger partial charge in [-0.25, -0.2) is 0 Å². The van der Waals surface area contributed by atoms with Crippen molar-refractivity contribution in [1.29, 1.82) is 0 Å². The van der Waals surface area contributed by atoms with Crippen LogP contribution < -0.4 is 4.74 Å². The van der Waals surface area contributed by atoms with E-state index in [2.05, 4.69) is 0 Å². The number of hydrogen-bond acceptors (Lipinski definition) is 2. The maximum absolute atomic E-state index is 9.88. The molecule has 0 amide bonds. The zero-order valence-corrected chi connectivity index (χ0v) is 12.3. The molecule has 104 valence electrons. The van der Waals surface area contributed by atoms with Gasteiger partial charge in [-0.15, -0.1) is 0 Å². The summed E-state index contributed by atoms with van der Waals surface area (Å²) in [5, 5.41) is 11.2. The number of aliphatic hydroxyl groups is 1. The molecule has 0 bridgehead atoms. The normalized spacial score (nSPS) is 17.1. The Morgan fingerprint density at radius 3 is 2.90 bits per heavy atom. The molecular formula is C16H14Cl2O2. The molecule has 0 fully saturated rings. The second-order valence-corrected chi connectivity index (χ2v) is 5.75. The highest BCUT2D eigenvalue weighted by molar-refractivity contribution is 6.33. The van der Waals surface area contributed by atoms with Gasteiger partial charge in [-0.2, -0.15) is 0 Å². The van der Waals surface area contributed by atoms with Crippen LogP contribution in [0.3, 0.4) is 0 Å². The SMILES string of the molecule is OC1CCc2c(OCc3cc(Cl)ccc3Cl)cccc21. The topological polar surface area (TPSA) is 29.5 Å². The van der Waals surface area contributed by atoms with Crippen molar-refractivity contribution in [3.63, 3.8) is 0 Å². The Hall–Kier alpha value is -1.22. The molecule has 2 aromatic carbocycles. The van der Waals surface area contributed by atoms with Crippen LogP contribution in [0, 0.1) is 0 Å². The molecule has 3 rings (SSSR count). The minimum absolute atomic E-state index is 0.367. The molecule has 0 spiro atoms. The summed E-state index contributed by atoms with van der Waals surface area (Å²) >= 11 is 12.1. The van der Waals surface area contributed by atoms with Crippen LogP contribution in [0.5, 0.6) is 5.75 Å². The van der Waals surface area contributed by atoms with Gasteiger partial charge in [0.15, 0.2) is 0 Å². The number of halogens is 2. The zero-order valence-electron chi connectivity index (χ0n) is 10.8. The zero-order chi connectivity index (χ0) is 14.1.